The van der Waals surface area contributed by atoms with Crippen LogP contribution in [0.15, 0.2) is 113 Å². The molecule has 0 saturated carbocycles. The van der Waals surface area contributed by atoms with Crippen molar-refractivity contribution in [1.29, 1.82) is 0 Å². The summed E-state index contributed by atoms with van der Waals surface area (Å²) in [4.78, 5) is 13.1. The number of hydrogen-bond acceptors (Lipinski definition) is 4. The number of aryl methyl sites for hydroxylation is 2. The Bertz CT molecular complexity index is 1530. The summed E-state index contributed by atoms with van der Waals surface area (Å²) in [5, 5.41) is 0. The number of nitrogens with zero attached hydrogens (tertiary/aromatic N) is 3. The molecule has 4 nitrogen and oxygen atoms in total. The smallest absolute Gasteiger partial charge is 0.115 e. The molecular weight excluding hydrogens is 452 g/mol. The van der Waals surface area contributed by atoms with Gasteiger partial charge in [-0.15, -0.1) is 0 Å². The van der Waals surface area contributed by atoms with E-state index in [1.165, 1.54) is 39.0 Å². The first-order valence-electron chi connectivity index (χ1n) is 12.8. The molecule has 3 aromatic rings. The summed E-state index contributed by atoms with van der Waals surface area (Å²) in [6.07, 6.45) is 18.9. The van der Waals surface area contributed by atoms with Gasteiger partial charge in [0.15, 0.2) is 0 Å². The topological polar surface area (TPSA) is 64.2 Å². The van der Waals surface area contributed by atoms with Crippen molar-refractivity contribution in [2.75, 3.05) is 7.05 Å². The Kier molecular flexibility index (Phi) is 7.09. The van der Waals surface area contributed by atoms with E-state index in [2.05, 4.69) is 95.6 Å². The number of rotatable bonds is 5. The van der Waals surface area contributed by atoms with Crippen molar-refractivity contribution in [3.63, 3.8) is 0 Å². The van der Waals surface area contributed by atoms with E-state index in [1.54, 1.807) is 13.4 Å². The predicted molar refractivity (Wildman–Crippen MR) is 155 cm³/mol. The molecule has 0 fully saturated rings. The third-order valence-corrected chi connectivity index (χ3v) is 7.04. The van der Waals surface area contributed by atoms with Crippen LogP contribution < -0.4 is 5.73 Å². The number of aromatic nitrogens is 2. The summed E-state index contributed by atoms with van der Waals surface area (Å²) in [6.45, 7) is 4.28. The SMILES string of the molecule is CCc1ncncc1-c1cc(-c2cccc(C3=CC4=C(C=CC3)CC=CC(N)=C4C=NC)c2)ccc1C. The molecule has 1 aromatic heterocycles. The molecule has 0 amide bonds. The van der Waals surface area contributed by atoms with Crippen LogP contribution in [0.4, 0.5) is 0 Å². The molecule has 0 spiro atoms. The van der Waals surface area contributed by atoms with Crippen LogP contribution in [0.1, 0.15) is 36.6 Å². The highest BCUT2D eigenvalue weighted by Gasteiger charge is 2.16. The maximum atomic E-state index is 6.41. The zero-order valence-corrected chi connectivity index (χ0v) is 21.7. The predicted octanol–water partition coefficient (Wildman–Crippen LogP) is 7.19. The van der Waals surface area contributed by atoms with Crippen LogP contribution in [0.5, 0.6) is 0 Å². The Morgan fingerprint density at radius 1 is 0.973 bits per heavy atom. The third-order valence-electron chi connectivity index (χ3n) is 7.04. The van der Waals surface area contributed by atoms with Gasteiger partial charge in [0.25, 0.3) is 0 Å². The van der Waals surface area contributed by atoms with Crippen LogP contribution in [0.2, 0.25) is 0 Å². The molecular formula is C33H32N4. The van der Waals surface area contributed by atoms with E-state index in [9.17, 15) is 0 Å². The molecule has 4 heteroatoms. The molecule has 2 aliphatic rings. The first-order chi connectivity index (χ1) is 18.1. The monoisotopic (exact) mass is 484 g/mol. The normalized spacial score (nSPS) is 15.6. The van der Waals surface area contributed by atoms with Crippen LogP contribution in [0, 0.1) is 6.92 Å². The van der Waals surface area contributed by atoms with E-state index >= 15 is 0 Å². The van der Waals surface area contributed by atoms with Gasteiger partial charge in [-0.2, -0.15) is 0 Å². The van der Waals surface area contributed by atoms with Crippen LogP contribution in [0.3, 0.4) is 0 Å². The fourth-order valence-electron chi connectivity index (χ4n) is 5.06. The van der Waals surface area contributed by atoms with Crippen LogP contribution in [-0.2, 0) is 6.42 Å². The molecule has 5 rings (SSSR count). The second-order valence-corrected chi connectivity index (χ2v) is 9.42. The number of hydrogen-bond donors (Lipinski definition) is 1. The van der Waals surface area contributed by atoms with E-state index in [1.807, 2.05) is 18.5 Å². The molecule has 0 radical (unpaired) electrons. The number of nitrogens with two attached hydrogens (primary N) is 1. The summed E-state index contributed by atoms with van der Waals surface area (Å²) in [7, 11) is 1.79. The lowest BCUT2D eigenvalue weighted by Crippen LogP contribution is -2.03. The molecule has 0 saturated heterocycles. The van der Waals surface area contributed by atoms with E-state index in [0.717, 1.165) is 47.4 Å². The first-order valence-corrected chi connectivity index (χ1v) is 12.8. The van der Waals surface area contributed by atoms with Crippen LogP contribution in [0.25, 0.3) is 27.8 Å². The highest BCUT2D eigenvalue weighted by atomic mass is 14.8. The fourth-order valence-corrected chi connectivity index (χ4v) is 5.06. The summed E-state index contributed by atoms with van der Waals surface area (Å²) < 4.78 is 0. The highest BCUT2D eigenvalue weighted by molar-refractivity contribution is 5.91. The zero-order valence-electron chi connectivity index (χ0n) is 21.7. The van der Waals surface area contributed by atoms with Crippen molar-refractivity contribution in [1.82, 2.24) is 9.97 Å². The lowest BCUT2D eigenvalue weighted by Gasteiger charge is -2.14. The van der Waals surface area contributed by atoms with Crippen LogP contribution in [-0.4, -0.2) is 23.2 Å². The number of aliphatic imine (C=N–C) groups is 1. The molecule has 0 unspecified atom stereocenters. The summed E-state index contributed by atoms with van der Waals surface area (Å²) >= 11 is 0. The third kappa shape index (κ3) is 5.01. The molecule has 0 aliphatic heterocycles. The number of allylic oxidation sites excluding steroid dienone is 9. The lowest BCUT2D eigenvalue weighted by molar-refractivity contribution is 1.00. The molecule has 2 N–H and O–H groups in total. The van der Waals surface area contributed by atoms with Crippen molar-refractivity contribution in [3.8, 4) is 22.3 Å². The average Bonchev–Trinajstić information content (AvgIpc) is 3.22. The van der Waals surface area contributed by atoms with Gasteiger partial charge in [0.05, 0.1) is 5.69 Å². The quantitative estimate of drug-likeness (QED) is 0.390. The molecule has 1 heterocycles. The van der Waals surface area contributed by atoms with Crippen molar-refractivity contribution >= 4 is 11.8 Å². The Morgan fingerprint density at radius 2 is 1.78 bits per heavy atom. The number of benzene rings is 2. The van der Waals surface area contributed by atoms with E-state index in [0.29, 0.717) is 0 Å². The molecule has 2 aliphatic carbocycles. The van der Waals surface area contributed by atoms with Crippen molar-refractivity contribution < 1.29 is 0 Å². The van der Waals surface area contributed by atoms with Gasteiger partial charge in [-0.3, -0.25) is 4.99 Å². The van der Waals surface area contributed by atoms with Crippen molar-refractivity contribution in [2.24, 2.45) is 10.7 Å². The molecule has 37 heavy (non-hydrogen) atoms. The largest absolute Gasteiger partial charge is 0.398 e. The minimum absolute atomic E-state index is 0.749. The minimum Gasteiger partial charge on any atom is -0.398 e. The minimum atomic E-state index is 0.749. The maximum absolute atomic E-state index is 6.41. The van der Waals surface area contributed by atoms with Gasteiger partial charge in [0, 0.05) is 36.3 Å². The van der Waals surface area contributed by atoms with Crippen LogP contribution >= 0.6 is 0 Å². The Balaban J connectivity index is 1.57. The van der Waals surface area contributed by atoms with Gasteiger partial charge in [0.2, 0.25) is 0 Å². The molecule has 2 aromatic carbocycles. The first kappa shape index (κ1) is 24.4. The van der Waals surface area contributed by atoms with Gasteiger partial charge in [-0.25, -0.2) is 9.97 Å². The maximum Gasteiger partial charge on any atom is 0.115 e. The second-order valence-electron chi connectivity index (χ2n) is 9.42. The van der Waals surface area contributed by atoms with Crippen molar-refractivity contribution in [2.45, 2.75) is 33.1 Å². The Morgan fingerprint density at radius 3 is 2.62 bits per heavy atom. The van der Waals surface area contributed by atoms with E-state index < -0.39 is 0 Å². The second kappa shape index (κ2) is 10.8. The average molecular weight is 485 g/mol. The Hall–Kier alpha value is -4.31. The summed E-state index contributed by atoms with van der Waals surface area (Å²) in [5.41, 5.74) is 20.0. The van der Waals surface area contributed by atoms with Gasteiger partial charge in [0.1, 0.15) is 6.33 Å². The lowest BCUT2D eigenvalue weighted by atomic mass is 9.91. The van der Waals surface area contributed by atoms with Gasteiger partial charge in [-0.05, 0) is 95.0 Å². The zero-order chi connectivity index (χ0) is 25.8. The summed E-state index contributed by atoms with van der Waals surface area (Å²) in [5.74, 6) is 0. The van der Waals surface area contributed by atoms with Gasteiger partial charge in [-0.1, -0.05) is 55.5 Å². The standard InChI is InChI=1S/C33H32N4/c1-4-33-31(20-36-21-37-33)28-17-27(15-14-22(28)2)25-11-6-10-24(16-25)26-12-5-8-23-9-7-13-32(34)30(19-35-3)29(23)18-26/h5-8,10-11,13-21H,4,9,12,34H2,1-3H3. The van der Waals surface area contributed by atoms with Gasteiger partial charge >= 0.3 is 0 Å². The van der Waals surface area contributed by atoms with E-state index in [-0.39, 0.29) is 0 Å². The highest BCUT2D eigenvalue weighted by Crippen LogP contribution is 2.35. The molecule has 184 valence electrons. The molecule has 0 atom stereocenters. The molecule has 0 bridgehead atoms. The van der Waals surface area contributed by atoms with Crippen molar-refractivity contribution in [3.05, 3.63) is 125 Å². The van der Waals surface area contributed by atoms with E-state index in [4.69, 9.17) is 5.73 Å². The Labute approximate surface area is 219 Å². The van der Waals surface area contributed by atoms with Gasteiger partial charge < -0.3 is 5.73 Å². The summed E-state index contributed by atoms with van der Waals surface area (Å²) in [6, 6.07) is 15.5. The fraction of sp³-hybridized carbons (Fsp3) is 0.182.